The van der Waals surface area contributed by atoms with Gasteiger partial charge in [-0.3, -0.25) is 9.89 Å². The summed E-state index contributed by atoms with van der Waals surface area (Å²) in [7, 11) is 1.73. The molecule has 1 aromatic carbocycles. The van der Waals surface area contributed by atoms with E-state index in [0.717, 1.165) is 47.4 Å². The van der Waals surface area contributed by atoms with Crippen molar-refractivity contribution in [1.82, 2.24) is 20.5 Å². The molecular formula is C24H31N5O3. The molecule has 0 aliphatic carbocycles. The number of rotatable bonds is 9. The summed E-state index contributed by atoms with van der Waals surface area (Å²) in [6.45, 7) is 5.91. The summed E-state index contributed by atoms with van der Waals surface area (Å²) in [6.07, 6.45) is 4.16. The molecule has 3 N–H and O–H groups in total. The van der Waals surface area contributed by atoms with Crippen molar-refractivity contribution in [3.05, 3.63) is 36.5 Å². The average Bonchev–Trinajstić information content (AvgIpc) is 3.45. The maximum atomic E-state index is 12.6. The number of nitrogens with one attached hydrogen (secondary N) is 3. The Bertz CT molecular complexity index is 1040. The molecule has 3 aromatic rings. The quantitative estimate of drug-likeness (QED) is 0.471. The SMILES string of the molecule is COC(CCC(=O)Nc1ccc2[nH]nc(-c3ccc(OC(C)C)nc3)c2c1)C1CCNC1. The van der Waals surface area contributed by atoms with Gasteiger partial charge in [0.25, 0.3) is 0 Å². The van der Waals surface area contributed by atoms with Gasteiger partial charge >= 0.3 is 0 Å². The number of pyridine rings is 1. The summed E-state index contributed by atoms with van der Waals surface area (Å²) in [4.78, 5) is 16.9. The number of fused-ring (bicyclic) bond motifs is 1. The van der Waals surface area contributed by atoms with Crippen molar-refractivity contribution >= 4 is 22.5 Å². The minimum atomic E-state index is -0.0146. The van der Waals surface area contributed by atoms with Gasteiger partial charge in [0.15, 0.2) is 0 Å². The van der Waals surface area contributed by atoms with Crippen LogP contribution in [0.1, 0.15) is 33.1 Å². The number of H-pyrrole nitrogens is 1. The third-order valence-electron chi connectivity index (χ3n) is 5.80. The molecule has 2 unspecified atom stereocenters. The molecule has 1 aliphatic heterocycles. The Morgan fingerprint density at radius 2 is 2.16 bits per heavy atom. The molecule has 1 aliphatic rings. The molecule has 0 radical (unpaired) electrons. The smallest absolute Gasteiger partial charge is 0.224 e. The van der Waals surface area contributed by atoms with E-state index < -0.39 is 0 Å². The van der Waals surface area contributed by atoms with Crippen molar-refractivity contribution in [2.24, 2.45) is 5.92 Å². The van der Waals surface area contributed by atoms with Gasteiger partial charge in [0.1, 0.15) is 5.69 Å². The number of anilines is 1. The number of hydrogen-bond acceptors (Lipinski definition) is 6. The molecule has 0 saturated carbocycles. The summed E-state index contributed by atoms with van der Waals surface area (Å²) in [5, 5.41) is 14.8. The highest BCUT2D eigenvalue weighted by molar-refractivity contribution is 5.98. The normalized spacial score (nSPS) is 17.1. The number of hydrogen-bond donors (Lipinski definition) is 3. The number of aromatic amines is 1. The van der Waals surface area contributed by atoms with Crippen LogP contribution in [-0.2, 0) is 9.53 Å². The highest BCUT2D eigenvalue weighted by Crippen LogP contribution is 2.29. The van der Waals surface area contributed by atoms with E-state index >= 15 is 0 Å². The van der Waals surface area contributed by atoms with Crippen LogP contribution in [0.5, 0.6) is 5.88 Å². The molecule has 4 rings (SSSR count). The van der Waals surface area contributed by atoms with Crippen LogP contribution in [-0.4, -0.2) is 53.5 Å². The van der Waals surface area contributed by atoms with Crippen LogP contribution >= 0.6 is 0 Å². The van der Waals surface area contributed by atoms with Gasteiger partial charge in [-0.05, 0) is 63.4 Å². The van der Waals surface area contributed by atoms with E-state index in [9.17, 15) is 4.79 Å². The van der Waals surface area contributed by atoms with Crippen LogP contribution in [0.2, 0.25) is 0 Å². The Labute approximate surface area is 188 Å². The zero-order valence-corrected chi connectivity index (χ0v) is 18.9. The molecule has 170 valence electrons. The van der Waals surface area contributed by atoms with Crippen LogP contribution in [0, 0.1) is 5.92 Å². The van der Waals surface area contributed by atoms with Crippen molar-refractivity contribution in [3.63, 3.8) is 0 Å². The first-order valence-electron chi connectivity index (χ1n) is 11.2. The van der Waals surface area contributed by atoms with Gasteiger partial charge in [0.2, 0.25) is 11.8 Å². The van der Waals surface area contributed by atoms with Gasteiger partial charge in [-0.2, -0.15) is 5.10 Å². The highest BCUT2D eigenvalue weighted by atomic mass is 16.5. The van der Waals surface area contributed by atoms with Gasteiger partial charge < -0.3 is 20.1 Å². The molecule has 2 aromatic heterocycles. The number of benzene rings is 1. The Morgan fingerprint density at radius 1 is 1.28 bits per heavy atom. The summed E-state index contributed by atoms with van der Waals surface area (Å²) >= 11 is 0. The lowest BCUT2D eigenvalue weighted by atomic mass is 9.97. The van der Waals surface area contributed by atoms with Crippen LogP contribution in [0.4, 0.5) is 5.69 Å². The van der Waals surface area contributed by atoms with E-state index in [4.69, 9.17) is 9.47 Å². The van der Waals surface area contributed by atoms with E-state index in [0.29, 0.717) is 24.6 Å². The fourth-order valence-electron chi connectivity index (χ4n) is 4.18. The second-order valence-corrected chi connectivity index (χ2v) is 8.50. The maximum Gasteiger partial charge on any atom is 0.224 e. The Morgan fingerprint density at radius 3 is 2.84 bits per heavy atom. The molecular weight excluding hydrogens is 406 g/mol. The number of carbonyl (C=O) groups is 1. The van der Waals surface area contributed by atoms with E-state index in [1.54, 1.807) is 13.3 Å². The zero-order valence-electron chi connectivity index (χ0n) is 18.9. The Kier molecular flexibility index (Phi) is 7.02. The third kappa shape index (κ3) is 5.26. The molecule has 1 saturated heterocycles. The summed E-state index contributed by atoms with van der Waals surface area (Å²) < 4.78 is 11.2. The first-order valence-corrected chi connectivity index (χ1v) is 11.2. The molecule has 8 nitrogen and oxygen atoms in total. The minimum Gasteiger partial charge on any atom is -0.475 e. The van der Waals surface area contributed by atoms with Crippen molar-refractivity contribution in [3.8, 4) is 17.1 Å². The number of amides is 1. The van der Waals surface area contributed by atoms with E-state index in [1.807, 2.05) is 44.2 Å². The highest BCUT2D eigenvalue weighted by Gasteiger charge is 2.25. The lowest BCUT2D eigenvalue weighted by molar-refractivity contribution is -0.117. The molecule has 1 fully saturated rings. The van der Waals surface area contributed by atoms with Gasteiger partial charge in [0.05, 0.1) is 17.7 Å². The lowest BCUT2D eigenvalue weighted by Gasteiger charge is -2.21. The van der Waals surface area contributed by atoms with Crippen LogP contribution in [0.3, 0.4) is 0 Å². The fraction of sp³-hybridized carbons (Fsp3) is 0.458. The van der Waals surface area contributed by atoms with Gasteiger partial charge in [-0.15, -0.1) is 0 Å². The molecule has 0 spiro atoms. The molecule has 1 amide bonds. The fourth-order valence-corrected chi connectivity index (χ4v) is 4.18. The summed E-state index contributed by atoms with van der Waals surface area (Å²) in [5.74, 6) is 1.04. The predicted octanol–water partition coefficient (Wildman–Crippen LogP) is 3.76. The molecule has 2 atom stereocenters. The van der Waals surface area contributed by atoms with Crippen molar-refractivity contribution in [2.45, 2.75) is 45.3 Å². The first-order chi connectivity index (χ1) is 15.5. The summed E-state index contributed by atoms with van der Waals surface area (Å²) in [5.41, 5.74) is 3.31. The standard InChI is InChI=1S/C24H31N5O3/c1-15(2)32-23-9-4-17(14-26-23)24-19-12-18(5-6-20(19)28-29-24)27-22(30)8-7-21(31-3)16-10-11-25-13-16/h4-6,9,12,14-16,21,25H,7-8,10-11,13H2,1-3H3,(H,27,30)(H,28,29). The van der Waals surface area contributed by atoms with Crippen molar-refractivity contribution in [2.75, 3.05) is 25.5 Å². The number of methoxy groups -OCH3 is 1. The first kappa shape index (κ1) is 22.2. The second kappa shape index (κ2) is 10.1. The number of aromatic nitrogens is 3. The topological polar surface area (TPSA) is 101 Å². The number of nitrogens with zero attached hydrogens (tertiary/aromatic N) is 2. The largest absolute Gasteiger partial charge is 0.475 e. The molecule has 8 heteroatoms. The van der Waals surface area contributed by atoms with Gasteiger partial charge in [-0.1, -0.05) is 0 Å². The predicted molar refractivity (Wildman–Crippen MR) is 125 cm³/mol. The van der Waals surface area contributed by atoms with Crippen molar-refractivity contribution in [1.29, 1.82) is 0 Å². The van der Waals surface area contributed by atoms with Crippen LogP contribution < -0.4 is 15.4 Å². The Balaban J connectivity index is 1.43. The van der Waals surface area contributed by atoms with Crippen LogP contribution in [0.15, 0.2) is 36.5 Å². The van der Waals surface area contributed by atoms with E-state index in [1.165, 1.54) is 0 Å². The lowest BCUT2D eigenvalue weighted by Crippen LogP contribution is -2.26. The number of ether oxygens (including phenoxy) is 2. The molecule has 32 heavy (non-hydrogen) atoms. The zero-order chi connectivity index (χ0) is 22.5. The average molecular weight is 438 g/mol. The summed E-state index contributed by atoms with van der Waals surface area (Å²) in [6, 6.07) is 9.53. The third-order valence-corrected chi connectivity index (χ3v) is 5.80. The van der Waals surface area contributed by atoms with Crippen LogP contribution in [0.25, 0.3) is 22.2 Å². The number of carbonyl (C=O) groups excluding carboxylic acids is 1. The maximum absolute atomic E-state index is 12.6. The minimum absolute atomic E-state index is 0.0146. The molecule has 0 bridgehead atoms. The Hall–Kier alpha value is -2.97. The van der Waals surface area contributed by atoms with E-state index in [2.05, 4.69) is 25.8 Å². The van der Waals surface area contributed by atoms with Gasteiger partial charge in [-0.25, -0.2) is 4.98 Å². The second-order valence-electron chi connectivity index (χ2n) is 8.50. The van der Waals surface area contributed by atoms with E-state index in [-0.39, 0.29) is 18.1 Å². The molecule has 3 heterocycles. The van der Waals surface area contributed by atoms with Crippen molar-refractivity contribution < 1.29 is 14.3 Å². The monoisotopic (exact) mass is 437 g/mol. The van der Waals surface area contributed by atoms with Gasteiger partial charge in [0, 0.05) is 49.0 Å².